The molecule has 2 atom stereocenters. The van der Waals surface area contributed by atoms with Crippen LogP contribution in [0.1, 0.15) is 36.0 Å². The van der Waals surface area contributed by atoms with Crippen molar-refractivity contribution < 1.29 is 53.8 Å². The summed E-state index contributed by atoms with van der Waals surface area (Å²) in [6, 6.07) is 10.3. The molecule has 0 aliphatic carbocycles. The lowest BCUT2D eigenvalue weighted by atomic mass is 10.1. The summed E-state index contributed by atoms with van der Waals surface area (Å²) in [5.74, 6) is -1.89. The van der Waals surface area contributed by atoms with Crippen molar-refractivity contribution in [2.24, 2.45) is 0 Å². The van der Waals surface area contributed by atoms with Gasteiger partial charge in [-0.15, -0.1) is 26.3 Å². The number of carbonyl (C=O) groups excluding carboxylic acids is 1. The molecule has 2 heterocycles. The molecule has 0 saturated carbocycles. The maximum Gasteiger partial charge on any atom is 0.573 e. The van der Waals surface area contributed by atoms with Gasteiger partial charge in [-0.1, -0.05) is 18.2 Å². The number of benzene rings is 2. The molecule has 15 heteroatoms. The zero-order valence-electron chi connectivity index (χ0n) is 21.6. The van der Waals surface area contributed by atoms with Crippen LogP contribution >= 0.6 is 0 Å². The summed E-state index contributed by atoms with van der Waals surface area (Å²) >= 11 is 0. The SMILES string of the molecule is C[C@H](c1cccc(C(F)(F)F)n1)N(C)C1=CC(c2cccc(OC(F)(F)F)c2)N(c2ccc(OC(F)(F)F)cc2)C1=O. The number of alkyl halides is 9. The fourth-order valence-electron chi connectivity index (χ4n) is 4.29. The molecule has 4 rings (SSSR count). The lowest BCUT2D eigenvalue weighted by molar-refractivity contribution is -0.275. The average molecular weight is 605 g/mol. The summed E-state index contributed by atoms with van der Waals surface area (Å²) in [5.41, 5.74) is -1.01. The van der Waals surface area contributed by atoms with Gasteiger partial charge in [0.1, 0.15) is 22.9 Å². The van der Waals surface area contributed by atoms with Crippen LogP contribution in [0.25, 0.3) is 0 Å². The largest absolute Gasteiger partial charge is 0.573 e. The smallest absolute Gasteiger partial charge is 0.406 e. The maximum atomic E-state index is 13.7. The number of halogens is 9. The predicted molar refractivity (Wildman–Crippen MR) is 130 cm³/mol. The lowest BCUT2D eigenvalue weighted by Crippen LogP contribution is -2.34. The molecular weight excluding hydrogens is 585 g/mol. The van der Waals surface area contributed by atoms with E-state index in [0.717, 1.165) is 53.4 Å². The van der Waals surface area contributed by atoms with Gasteiger partial charge in [-0.3, -0.25) is 9.69 Å². The number of ether oxygens (including phenoxy) is 2. The highest BCUT2D eigenvalue weighted by molar-refractivity contribution is 6.08. The first kappa shape index (κ1) is 30.5. The number of aromatic nitrogens is 1. The molecule has 1 aliphatic heterocycles. The topological polar surface area (TPSA) is 54.9 Å². The number of hydrogen-bond donors (Lipinski definition) is 0. The molecule has 2 aromatic carbocycles. The quantitative estimate of drug-likeness (QED) is 0.260. The highest BCUT2D eigenvalue weighted by Crippen LogP contribution is 2.40. The number of rotatable bonds is 7. The van der Waals surface area contributed by atoms with Crippen molar-refractivity contribution >= 4 is 11.6 Å². The molecule has 0 spiro atoms. The van der Waals surface area contributed by atoms with E-state index in [1.807, 2.05) is 0 Å². The molecule has 0 saturated heterocycles. The van der Waals surface area contributed by atoms with Gasteiger partial charge in [0.05, 0.1) is 17.8 Å². The third kappa shape index (κ3) is 7.06. The number of pyridine rings is 1. The Bertz CT molecular complexity index is 1470. The zero-order valence-corrected chi connectivity index (χ0v) is 21.6. The molecule has 1 aromatic heterocycles. The van der Waals surface area contributed by atoms with Gasteiger partial charge in [-0.2, -0.15) is 13.2 Å². The summed E-state index contributed by atoms with van der Waals surface area (Å²) in [4.78, 5) is 19.8. The van der Waals surface area contributed by atoms with Crippen LogP contribution in [0.2, 0.25) is 0 Å². The van der Waals surface area contributed by atoms with Crippen LogP contribution in [-0.2, 0) is 11.0 Å². The van der Waals surface area contributed by atoms with Gasteiger partial charge in [0.25, 0.3) is 5.91 Å². The van der Waals surface area contributed by atoms with Crippen LogP contribution in [0.15, 0.2) is 78.5 Å². The second-order valence-corrected chi connectivity index (χ2v) is 9.07. The van der Waals surface area contributed by atoms with Crippen molar-refractivity contribution in [3.8, 4) is 11.5 Å². The van der Waals surface area contributed by atoms with Crippen molar-refractivity contribution in [1.29, 1.82) is 0 Å². The minimum Gasteiger partial charge on any atom is -0.406 e. The third-order valence-electron chi connectivity index (χ3n) is 6.26. The van der Waals surface area contributed by atoms with E-state index in [9.17, 15) is 44.3 Å². The molecule has 1 amide bonds. The number of carbonyl (C=O) groups is 1. The number of amides is 1. The summed E-state index contributed by atoms with van der Waals surface area (Å²) < 4.78 is 124. The van der Waals surface area contributed by atoms with Gasteiger partial charge in [0.2, 0.25) is 0 Å². The fourth-order valence-corrected chi connectivity index (χ4v) is 4.29. The van der Waals surface area contributed by atoms with E-state index in [2.05, 4.69) is 14.5 Å². The standard InChI is InChI=1S/C27H20F9N3O3/c1-15(20-7-4-8-23(37-20)25(28,29)30)38(2)22-14-21(16-5-3-6-19(13-16)42-27(34,35)36)39(24(22)40)17-9-11-18(12-10-17)41-26(31,32)33/h3-15,21H,1-2H3/t15-,21?/m1/s1. The van der Waals surface area contributed by atoms with E-state index in [0.29, 0.717) is 0 Å². The molecule has 42 heavy (non-hydrogen) atoms. The van der Waals surface area contributed by atoms with E-state index in [1.54, 1.807) is 0 Å². The Morgan fingerprint density at radius 2 is 1.43 bits per heavy atom. The van der Waals surface area contributed by atoms with Crippen molar-refractivity contribution in [3.05, 3.63) is 95.5 Å². The molecule has 6 nitrogen and oxygen atoms in total. The fraction of sp³-hybridized carbons (Fsp3) is 0.259. The van der Waals surface area contributed by atoms with Crippen molar-refractivity contribution in [1.82, 2.24) is 9.88 Å². The number of nitrogens with zero attached hydrogens (tertiary/aromatic N) is 3. The minimum atomic E-state index is -5.01. The van der Waals surface area contributed by atoms with Crippen molar-refractivity contribution in [3.63, 3.8) is 0 Å². The highest BCUT2D eigenvalue weighted by Gasteiger charge is 2.39. The van der Waals surface area contributed by atoms with E-state index in [1.165, 1.54) is 43.1 Å². The first-order chi connectivity index (χ1) is 19.4. The van der Waals surface area contributed by atoms with Gasteiger partial charge < -0.3 is 14.4 Å². The van der Waals surface area contributed by atoms with Crippen LogP contribution < -0.4 is 14.4 Å². The monoisotopic (exact) mass is 605 g/mol. The molecule has 3 aromatic rings. The highest BCUT2D eigenvalue weighted by atomic mass is 19.4. The van der Waals surface area contributed by atoms with Crippen molar-refractivity contribution in [2.45, 2.75) is 37.9 Å². The van der Waals surface area contributed by atoms with Gasteiger partial charge in [-0.05, 0) is 67.1 Å². The van der Waals surface area contributed by atoms with Gasteiger partial charge in [0, 0.05) is 12.7 Å². The molecule has 224 valence electrons. The van der Waals surface area contributed by atoms with Crippen molar-refractivity contribution in [2.75, 3.05) is 11.9 Å². The van der Waals surface area contributed by atoms with Crippen LogP contribution in [-0.4, -0.2) is 35.6 Å². The molecule has 0 fully saturated rings. The molecule has 0 N–H and O–H groups in total. The third-order valence-corrected chi connectivity index (χ3v) is 6.26. The summed E-state index contributed by atoms with van der Waals surface area (Å²) in [7, 11) is 1.42. The Kier molecular flexibility index (Phi) is 8.07. The van der Waals surface area contributed by atoms with Crippen LogP contribution in [0, 0.1) is 0 Å². The Hall–Kier alpha value is -4.43. The zero-order chi connectivity index (χ0) is 31.0. The number of likely N-dealkylation sites (N-methyl/N-ethyl adjacent to an activating group) is 1. The number of hydrogen-bond acceptors (Lipinski definition) is 5. The molecule has 1 aliphatic rings. The summed E-state index contributed by atoms with van der Waals surface area (Å²) in [5, 5.41) is 0. The van der Waals surface area contributed by atoms with Crippen LogP contribution in [0.5, 0.6) is 11.5 Å². The minimum absolute atomic E-state index is 0.0229. The Morgan fingerprint density at radius 3 is 2.02 bits per heavy atom. The van der Waals surface area contributed by atoms with E-state index >= 15 is 0 Å². The summed E-state index contributed by atoms with van der Waals surface area (Å²) in [6.45, 7) is 1.50. The average Bonchev–Trinajstić information content (AvgIpc) is 3.23. The second-order valence-electron chi connectivity index (χ2n) is 9.07. The first-order valence-corrected chi connectivity index (χ1v) is 12.0. The second kappa shape index (κ2) is 11.1. The molecule has 1 unspecified atom stereocenters. The maximum absolute atomic E-state index is 13.7. The van der Waals surface area contributed by atoms with Gasteiger partial charge in [-0.25, -0.2) is 4.98 Å². The first-order valence-electron chi connectivity index (χ1n) is 12.0. The lowest BCUT2D eigenvalue weighted by Gasteiger charge is -2.29. The normalized spacial score (nSPS) is 16.7. The molecule has 0 bridgehead atoms. The Balaban J connectivity index is 1.73. The molecule has 0 radical (unpaired) electrons. The van der Waals surface area contributed by atoms with Gasteiger partial charge in [0.15, 0.2) is 0 Å². The Morgan fingerprint density at radius 1 is 0.833 bits per heavy atom. The number of anilines is 1. The molecular formula is C27H20F9N3O3. The summed E-state index contributed by atoms with van der Waals surface area (Å²) in [6.07, 6.45) is -13.3. The predicted octanol–water partition coefficient (Wildman–Crippen LogP) is 7.56. The Labute approximate surface area is 232 Å². The van der Waals surface area contributed by atoms with Crippen LogP contribution in [0.4, 0.5) is 45.2 Å². The van der Waals surface area contributed by atoms with E-state index in [-0.39, 0.29) is 22.6 Å². The van der Waals surface area contributed by atoms with Crippen LogP contribution in [0.3, 0.4) is 0 Å². The van der Waals surface area contributed by atoms with E-state index < -0.39 is 54.1 Å². The van der Waals surface area contributed by atoms with Gasteiger partial charge >= 0.3 is 18.9 Å². The van der Waals surface area contributed by atoms with E-state index in [4.69, 9.17) is 0 Å².